The van der Waals surface area contributed by atoms with Gasteiger partial charge in [-0.3, -0.25) is 14.9 Å². The first-order chi connectivity index (χ1) is 16.9. The maximum absolute atomic E-state index is 16.5. The van der Waals surface area contributed by atoms with Crippen molar-refractivity contribution in [1.82, 2.24) is 19.3 Å². The second kappa shape index (κ2) is 8.01. The van der Waals surface area contributed by atoms with Crippen molar-refractivity contribution in [3.8, 4) is 0 Å². The van der Waals surface area contributed by atoms with E-state index in [9.17, 15) is 0 Å². The molecule has 6 rings (SSSR count). The highest BCUT2D eigenvalue weighted by molar-refractivity contribution is 6.59. The van der Waals surface area contributed by atoms with E-state index in [1.807, 2.05) is 84.6 Å². The summed E-state index contributed by atoms with van der Waals surface area (Å²) in [6, 6.07) is 20.9. The van der Waals surface area contributed by atoms with Crippen molar-refractivity contribution in [2.45, 2.75) is 26.9 Å². The van der Waals surface area contributed by atoms with Crippen LogP contribution in [0.25, 0.3) is 11.8 Å². The Bertz CT molecular complexity index is 1450. The molecule has 0 saturated carbocycles. The zero-order valence-electron chi connectivity index (χ0n) is 19.6. The first-order valence-corrected chi connectivity index (χ1v) is 11.7. The van der Waals surface area contributed by atoms with Gasteiger partial charge in [0.2, 0.25) is 5.84 Å². The molecule has 4 aromatic rings. The van der Waals surface area contributed by atoms with E-state index in [2.05, 4.69) is 9.97 Å². The van der Waals surface area contributed by atoms with Crippen LogP contribution in [0, 0.1) is 13.8 Å². The minimum atomic E-state index is -4.13. The van der Waals surface area contributed by atoms with Crippen molar-refractivity contribution in [1.29, 1.82) is 0 Å². The summed E-state index contributed by atoms with van der Waals surface area (Å²) in [5.41, 5.74) is 5.68. The minimum absolute atomic E-state index is 0.369. The Hall–Kier alpha value is -4.07. The van der Waals surface area contributed by atoms with E-state index < -0.39 is 6.97 Å². The summed E-state index contributed by atoms with van der Waals surface area (Å²) in [7, 11) is 0. The molecule has 1 aromatic carbocycles. The highest BCUT2D eigenvalue weighted by Crippen LogP contribution is 2.41. The number of amidine groups is 1. The van der Waals surface area contributed by atoms with Crippen LogP contribution in [0.5, 0.6) is 0 Å². The number of fused-ring (bicyclic) bond motifs is 4. The van der Waals surface area contributed by atoms with Crippen LogP contribution in [-0.2, 0) is 13.1 Å². The fourth-order valence-corrected chi connectivity index (χ4v) is 5.32. The Morgan fingerprint density at radius 3 is 2.06 bits per heavy atom. The molecule has 0 N–H and O–H groups in total. The van der Waals surface area contributed by atoms with E-state index in [1.54, 1.807) is 19.3 Å². The second-order valence-corrected chi connectivity index (χ2v) is 9.08. The van der Waals surface area contributed by atoms with Crippen LogP contribution in [0.4, 0.5) is 8.63 Å². The number of pyridine rings is 2. The molecule has 0 saturated heterocycles. The van der Waals surface area contributed by atoms with Gasteiger partial charge in [0, 0.05) is 29.7 Å². The van der Waals surface area contributed by atoms with Crippen molar-refractivity contribution in [2.75, 3.05) is 0 Å². The zero-order chi connectivity index (χ0) is 24.2. The Balaban J connectivity index is 1.60. The maximum Gasteiger partial charge on any atom is 0.639 e. The molecule has 5 heterocycles. The van der Waals surface area contributed by atoms with Gasteiger partial charge in [-0.1, -0.05) is 24.3 Å². The Labute approximate surface area is 202 Å². The molecule has 3 aromatic heterocycles. The first-order valence-electron chi connectivity index (χ1n) is 11.7. The molecule has 35 heavy (non-hydrogen) atoms. The number of nitrogens with zero attached hydrogens (tertiary/aromatic N) is 5. The predicted molar refractivity (Wildman–Crippen MR) is 134 cm³/mol. The third kappa shape index (κ3) is 3.40. The number of hydrogen-bond acceptors (Lipinski definition) is 3. The van der Waals surface area contributed by atoms with Gasteiger partial charge in [0.25, 0.3) is 0 Å². The van der Waals surface area contributed by atoms with Gasteiger partial charge in [0.05, 0.1) is 22.6 Å². The molecule has 174 valence electrons. The average molecular weight is 467 g/mol. The molecule has 0 atom stereocenters. The molecule has 8 heteroatoms. The summed E-state index contributed by atoms with van der Waals surface area (Å²) < 4.78 is 35.5. The summed E-state index contributed by atoms with van der Waals surface area (Å²) in [6.45, 7) is 0.234. The molecule has 2 aliphatic rings. The third-order valence-electron chi connectivity index (χ3n) is 6.75. The van der Waals surface area contributed by atoms with Crippen LogP contribution in [-0.4, -0.2) is 36.6 Å². The maximum atomic E-state index is 16.5. The predicted octanol–water partition coefficient (Wildman–Crippen LogP) is 5.10. The van der Waals surface area contributed by atoms with Crippen molar-refractivity contribution in [2.24, 2.45) is 0 Å². The van der Waals surface area contributed by atoms with E-state index in [0.717, 1.165) is 28.1 Å². The summed E-state index contributed by atoms with van der Waals surface area (Å²) in [6.07, 6.45) is 5.35. The van der Waals surface area contributed by atoms with Gasteiger partial charge in [-0.2, -0.15) is 0 Å². The van der Waals surface area contributed by atoms with Crippen LogP contribution in [0.3, 0.4) is 0 Å². The van der Waals surface area contributed by atoms with E-state index in [1.165, 1.54) is 8.96 Å². The van der Waals surface area contributed by atoms with Gasteiger partial charge in [-0.15, -0.1) is 0 Å². The molecule has 0 bridgehead atoms. The quantitative estimate of drug-likeness (QED) is 0.392. The lowest BCUT2D eigenvalue weighted by Gasteiger charge is -2.35. The monoisotopic (exact) mass is 467 g/mol. The molecule has 0 spiro atoms. The summed E-state index contributed by atoms with van der Waals surface area (Å²) in [4.78, 5) is 10.9. The number of aryl methyl sites for hydroxylation is 2. The molecule has 5 nitrogen and oxygen atoms in total. The van der Waals surface area contributed by atoms with Gasteiger partial charge in [-0.25, -0.2) is 0 Å². The largest absolute Gasteiger partial charge is 0.639 e. The van der Waals surface area contributed by atoms with E-state index in [0.29, 0.717) is 36.0 Å². The molecular weight excluding hydrogens is 443 g/mol. The summed E-state index contributed by atoms with van der Waals surface area (Å²) in [5, 5.41) is 0. The Kier molecular flexibility index (Phi) is 4.91. The van der Waals surface area contributed by atoms with E-state index in [-0.39, 0.29) is 0 Å². The number of rotatable bonds is 4. The molecule has 0 radical (unpaired) electrons. The molecule has 0 unspecified atom stereocenters. The fraction of sp³-hybridized carbons (Fsp3) is 0.148. The summed E-state index contributed by atoms with van der Waals surface area (Å²) >= 11 is 0. The van der Waals surface area contributed by atoms with Crippen molar-refractivity contribution >= 4 is 24.6 Å². The van der Waals surface area contributed by atoms with Crippen LogP contribution >= 0.6 is 0 Å². The topological polar surface area (TPSA) is 37.0 Å². The highest BCUT2D eigenvalue weighted by Gasteiger charge is 2.51. The zero-order valence-corrected chi connectivity index (χ0v) is 19.6. The van der Waals surface area contributed by atoms with Crippen LogP contribution in [0.1, 0.15) is 39.5 Å². The lowest BCUT2D eigenvalue weighted by molar-refractivity contribution is -0.325. The second-order valence-electron chi connectivity index (χ2n) is 9.08. The summed E-state index contributed by atoms with van der Waals surface area (Å²) in [5.74, 6) is 0.476. The van der Waals surface area contributed by atoms with Gasteiger partial charge < -0.3 is 17.6 Å². The van der Waals surface area contributed by atoms with Gasteiger partial charge in [0.1, 0.15) is 13.1 Å². The van der Waals surface area contributed by atoms with Crippen molar-refractivity contribution in [3.05, 3.63) is 119 Å². The molecule has 2 aliphatic heterocycles. The Morgan fingerprint density at radius 2 is 1.46 bits per heavy atom. The Morgan fingerprint density at radius 1 is 0.857 bits per heavy atom. The fourth-order valence-electron chi connectivity index (χ4n) is 5.32. The normalized spacial score (nSPS) is 15.4. The van der Waals surface area contributed by atoms with Crippen molar-refractivity contribution < 1.29 is 13.1 Å². The number of aromatic nitrogens is 3. The standard InChI is InChI=1S/C27H24BF2N5/c1-19-15-20(2)34-25(19)16-26-23-11-3-4-12-24(23)27(35(26)28(34,29)30)33(17-21-9-5-7-13-31-21)18-22-10-6-8-14-32-22/h3-16H,17-18H2,1-2H3. The smallest absolute Gasteiger partial charge is 0.420 e. The third-order valence-corrected chi connectivity index (χ3v) is 6.75. The lowest BCUT2D eigenvalue weighted by Crippen LogP contribution is -2.52. The number of halogens is 2. The number of benzene rings is 1. The molecule has 0 fully saturated rings. The van der Waals surface area contributed by atoms with Crippen LogP contribution in [0.15, 0.2) is 79.1 Å². The minimum Gasteiger partial charge on any atom is -0.420 e. The molecule has 0 aliphatic carbocycles. The molecular formula is C27H24BF2N5. The van der Waals surface area contributed by atoms with Crippen LogP contribution < -0.4 is 0 Å². The van der Waals surface area contributed by atoms with E-state index >= 15 is 8.63 Å². The van der Waals surface area contributed by atoms with Crippen LogP contribution in [0.2, 0.25) is 0 Å². The SMILES string of the molecule is Cc1cc(C)n2c1C=C1c3ccccc3C(N(Cc3ccccn3)Cc3ccccn3)=[N+]1[B-]2(F)F. The molecule has 0 amide bonds. The lowest BCUT2D eigenvalue weighted by atomic mass is 9.90. The van der Waals surface area contributed by atoms with Gasteiger partial charge in [0.15, 0.2) is 0 Å². The average Bonchev–Trinajstić information content (AvgIpc) is 3.35. The van der Waals surface area contributed by atoms with Gasteiger partial charge >= 0.3 is 6.97 Å². The first kappa shape index (κ1) is 21.5. The van der Waals surface area contributed by atoms with Crippen molar-refractivity contribution in [3.63, 3.8) is 0 Å². The number of hydrogen-bond donors (Lipinski definition) is 0. The van der Waals surface area contributed by atoms with E-state index in [4.69, 9.17) is 0 Å². The highest BCUT2D eigenvalue weighted by atomic mass is 19.2. The van der Waals surface area contributed by atoms with Gasteiger partial charge in [-0.05, 0) is 67.6 Å².